The molecule has 1 fully saturated rings. The van der Waals surface area contributed by atoms with Crippen LogP contribution in [0.25, 0.3) is 0 Å². The summed E-state index contributed by atoms with van der Waals surface area (Å²) in [7, 11) is 1.86. The number of amides is 1. The third-order valence-electron chi connectivity index (χ3n) is 2.63. The summed E-state index contributed by atoms with van der Waals surface area (Å²) in [6, 6.07) is 0. The number of carbonyl (C=O) groups is 1. The third-order valence-corrected chi connectivity index (χ3v) is 2.63. The third kappa shape index (κ3) is 3.08. The Kier molecular flexibility index (Phi) is 4.52. The molecule has 0 aromatic carbocycles. The van der Waals surface area contributed by atoms with Crippen LogP contribution >= 0.6 is 0 Å². The van der Waals surface area contributed by atoms with E-state index in [1.54, 1.807) is 4.90 Å². The van der Waals surface area contributed by atoms with Crippen molar-refractivity contribution in [3.05, 3.63) is 18.0 Å². The lowest BCUT2D eigenvalue weighted by atomic mass is 10.1. The van der Waals surface area contributed by atoms with Gasteiger partial charge >= 0.3 is 0 Å². The van der Waals surface area contributed by atoms with Gasteiger partial charge in [-0.2, -0.15) is 5.10 Å². The fraction of sp³-hybridized carbons (Fsp3) is 0.667. The van der Waals surface area contributed by atoms with Crippen molar-refractivity contribution in [2.24, 2.45) is 5.92 Å². The van der Waals surface area contributed by atoms with Gasteiger partial charge in [-0.25, -0.2) is 0 Å². The van der Waals surface area contributed by atoms with Gasteiger partial charge in [-0.15, -0.1) is 0 Å². The van der Waals surface area contributed by atoms with Crippen LogP contribution in [0.3, 0.4) is 0 Å². The number of aromatic nitrogens is 2. The maximum Gasteiger partial charge on any atom is 0.222 e. The monoisotopic (exact) mass is 223 g/mol. The maximum atomic E-state index is 11.3. The summed E-state index contributed by atoms with van der Waals surface area (Å²) in [5.41, 5.74) is 1.17. The van der Waals surface area contributed by atoms with Gasteiger partial charge in [0, 0.05) is 38.7 Å². The summed E-state index contributed by atoms with van der Waals surface area (Å²) < 4.78 is 1.92. The van der Waals surface area contributed by atoms with Crippen molar-refractivity contribution in [2.75, 3.05) is 13.6 Å². The van der Waals surface area contributed by atoms with Crippen LogP contribution in [0.15, 0.2) is 12.4 Å². The first kappa shape index (κ1) is 12.7. The SMILES string of the molecule is CC.Cc1cnn(CC2CC(=O)N(C)C2)c1. The van der Waals surface area contributed by atoms with Crippen LogP contribution in [0.4, 0.5) is 0 Å². The zero-order chi connectivity index (χ0) is 12.1. The quantitative estimate of drug-likeness (QED) is 0.765. The molecule has 1 aliphatic rings. The van der Waals surface area contributed by atoms with Gasteiger partial charge in [0.15, 0.2) is 0 Å². The number of rotatable bonds is 2. The van der Waals surface area contributed by atoms with Crippen molar-refractivity contribution in [2.45, 2.75) is 33.7 Å². The molecule has 1 aromatic heterocycles. The first-order valence-electron chi connectivity index (χ1n) is 5.88. The molecule has 0 N–H and O–H groups in total. The van der Waals surface area contributed by atoms with Gasteiger partial charge in [-0.3, -0.25) is 9.48 Å². The van der Waals surface area contributed by atoms with E-state index in [-0.39, 0.29) is 5.91 Å². The van der Waals surface area contributed by atoms with E-state index < -0.39 is 0 Å². The minimum Gasteiger partial charge on any atom is -0.345 e. The highest BCUT2D eigenvalue weighted by Gasteiger charge is 2.26. The number of carbonyl (C=O) groups excluding carboxylic acids is 1. The molecule has 1 unspecified atom stereocenters. The van der Waals surface area contributed by atoms with Crippen LogP contribution in [0.5, 0.6) is 0 Å². The molecule has 0 spiro atoms. The Morgan fingerprint density at radius 3 is 2.62 bits per heavy atom. The average molecular weight is 223 g/mol. The van der Waals surface area contributed by atoms with Crippen molar-refractivity contribution < 1.29 is 4.79 Å². The summed E-state index contributed by atoms with van der Waals surface area (Å²) in [6.07, 6.45) is 4.53. The number of likely N-dealkylation sites (tertiary alicyclic amines) is 1. The minimum atomic E-state index is 0.249. The molecule has 0 radical (unpaired) electrons. The Labute approximate surface area is 97.2 Å². The highest BCUT2D eigenvalue weighted by Crippen LogP contribution is 2.17. The van der Waals surface area contributed by atoms with Crippen molar-refractivity contribution in [1.29, 1.82) is 0 Å². The normalized spacial score (nSPS) is 19.6. The summed E-state index contributed by atoms with van der Waals surface area (Å²) in [4.78, 5) is 13.1. The molecular formula is C12H21N3O. The second-order valence-electron chi connectivity index (χ2n) is 4.08. The summed E-state index contributed by atoms with van der Waals surface area (Å²) in [6.45, 7) is 7.73. The van der Waals surface area contributed by atoms with Crippen molar-refractivity contribution in [3.8, 4) is 0 Å². The predicted molar refractivity (Wildman–Crippen MR) is 64.1 cm³/mol. The first-order chi connectivity index (χ1) is 7.65. The van der Waals surface area contributed by atoms with Gasteiger partial charge in [0.2, 0.25) is 5.91 Å². The fourth-order valence-electron chi connectivity index (χ4n) is 1.91. The van der Waals surface area contributed by atoms with E-state index in [0.29, 0.717) is 12.3 Å². The van der Waals surface area contributed by atoms with Crippen LogP contribution in [0.2, 0.25) is 0 Å². The summed E-state index contributed by atoms with van der Waals surface area (Å²) >= 11 is 0. The fourth-order valence-corrected chi connectivity index (χ4v) is 1.91. The number of hydrogen-bond acceptors (Lipinski definition) is 2. The van der Waals surface area contributed by atoms with Gasteiger partial charge in [0.05, 0.1) is 6.20 Å². The predicted octanol–water partition coefficient (Wildman–Crippen LogP) is 1.70. The van der Waals surface area contributed by atoms with E-state index in [2.05, 4.69) is 5.10 Å². The van der Waals surface area contributed by atoms with E-state index in [4.69, 9.17) is 0 Å². The maximum absolute atomic E-state index is 11.3. The van der Waals surface area contributed by atoms with Crippen LogP contribution in [-0.4, -0.2) is 34.2 Å². The molecule has 1 aliphatic heterocycles. The zero-order valence-electron chi connectivity index (χ0n) is 10.6. The Hall–Kier alpha value is -1.32. The smallest absolute Gasteiger partial charge is 0.222 e. The van der Waals surface area contributed by atoms with Gasteiger partial charge in [-0.05, 0) is 12.5 Å². The van der Waals surface area contributed by atoms with E-state index in [9.17, 15) is 4.79 Å². The Balaban J connectivity index is 0.000000606. The molecule has 0 aliphatic carbocycles. The average Bonchev–Trinajstić information content (AvgIpc) is 2.78. The molecule has 1 amide bonds. The zero-order valence-corrected chi connectivity index (χ0v) is 10.6. The van der Waals surface area contributed by atoms with E-state index in [1.165, 1.54) is 5.56 Å². The van der Waals surface area contributed by atoms with E-state index in [1.807, 2.05) is 44.9 Å². The molecule has 2 rings (SSSR count). The molecule has 1 atom stereocenters. The largest absolute Gasteiger partial charge is 0.345 e. The van der Waals surface area contributed by atoms with Gasteiger partial charge in [-0.1, -0.05) is 13.8 Å². The van der Waals surface area contributed by atoms with Crippen LogP contribution < -0.4 is 0 Å². The molecule has 0 bridgehead atoms. The Morgan fingerprint density at radius 2 is 2.19 bits per heavy atom. The van der Waals surface area contributed by atoms with Crippen molar-refractivity contribution in [3.63, 3.8) is 0 Å². The second-order valence-corrected chi connectivity index (χ2v) is 4.08. The molecule has 4 heteroatoms. The lowest BCUT2D eigenvalue weighted by Gasteiger charge is -2.09. The summed E-state index contributed by atoms with van der Waals surface area (Å²) in [5, 5.41) is 4.22. The number of nitrogens with zero attached hydrogens (tertiary/aromatic N) is 3. The van der Waals surface area contributed by atoms with Gasteiger partial charge in [0.25, 0.3) is 0 Å². The molecule has 16 heavy (non-hydrogen) atoms. The van der Waals surface area contributed by atoms with Crippen LogP contribution in [0.1, 0.15) is 25.8 Å². The molecule has 4 nitrogen and oxygen atoms in total. The van der Waals surface area contributed by atoms with Crippen molar-refractivity contribution >= 4 is 5.91 Å². The summed E-state index contributed by atoms with van der Waals surface area (Å²) in [5.74, 6) is 0.672. The molecule has 1 saturated heterocycles. The number of aryl methyl sites for hydroxylation is 1. The molecule has 90 valence electrons. The van der Waals surface area contributed by atoms with Gasteiger partial charge in [0.1, 0.15) is 0 Å². The van der Waals surface area contributed by atoms with Crippen LogP contribution in [-0.2, 0) is 11.3 Å². The highest BCUT2D eigenvalue weighted by molar-refractivity contribution is 5.78. The Morgan fingerprint density at radius 1 is 1.50 bits per heavy atom. The Bertz CT molecular complexity index is 346. The molecular weight excluding hydrogens is 202 g/mol. The second kappa shape index (κ2) is 5.68. The highest BCUT2D eigenvalue weighted by atomic mass is 16.2. The standard InChI is InChI=1S/C10H15N3O.C2H6/c1-8-4-11-13(5-8)7-9-3-10(14)12(2)6-9;1-2/h4-5,9H,3,6-7H2,1-2H3;1-2H3. The molecule has 2 heterocycles. The molecule has 1 aromatic rings. The molecule has 0 saturated carbocycles. The van der Waals surface area contributed by atoms with Crippen LogP contribution in [0, 0.1) is 12.8 Å². The first-order valence-corrected chi connectivity index (χ1v) is 5.88. The van der Waals surface area contributed by atoms with Gasteiger partial charge < -0.3 is 4.90 Å². The lowest BCUT2D eigenvalue weighted by molar-refractivity contribution is -0.126. The topological polar surface area (TPSA) is 38.1 Å². The van der Waals surface area contributed by atoms with E-state index in [0.717, 1.165) is 13.1 Å². The lowest BCUT2D eigenvalue weighted by Crippen LogP contribution is -2.20. The number of hydrogen-bond donors (Lipinski definition) is 0. The van der Waals surface area contributed by atoms with Crippen molar-refractivity contribution in [1.82, 2.24) is 14.7 Å². The van der Waals surface area contributed by atoms with E-state index >= 15 is 0 Å². The minimum absolute atomic E-state index is 0.249.